The number of primary amides is 1. The van der Waals surface area contributed by atoms with Gasteiger partial charge in [0.2, 0.25) is 11.8 Å². The average molecular weight is 271 g/mol. The van der Waals surface area contributed by atoms with Crippen molar-refractivity contribution in [3.63, 3.8) is 0 Å². The Kier molecular flexibility index (Phi) is 6.20. The van der Waals surface area contributed by atoms with Gasteiger partial charge >= 0.3 is 0 Å². The number of nitrogens with two attached hydrogens (primary N) is 1. The van der Waals surface area contributed by atoms with Gasteiger partial charge in [0, 0.05) is 26.1 Å². The molecule has 5 N–H and O–H groups in total. The number of β-amino-alcohol motifs (C(OH)–C–C–N with tert-alkyl or cyclic N) is 1. The highest BCUT2D eigenvalue weighted by Gasteiger charge is 2.25. The fourth-order valence-corrected chi connectivity index (χ4v) is 1.81. The molecule has 3 atom stereocenters. The van der Waals surface area contributed by atoms with Crippen LogP contribution in [0.25, 0.3) is 0 Å². The van der Waals surface area contributed by atoms with E-state index in [9.17, 15) is 14.7 Å². The molecule has 0 spiro atoms. The first kappa shape index (κ1) is 15.9. The fraction of sp³-hybridized carbons (Fsp3) is 0.750. The average Bonchev–Trinajstić information content (AvgIpc) is 2.51. The smallest absolute Gasteiger partial charge is 0.224 e. The first-order valence-corrected chi connectivity index (χ1v) is 6.46. The Morgan fingerprint density at radius 2 is 2.32 bits per heavy atom. The van der Waals surface area contributed by atoms with E-state index in [-0.39, 0.29) is 17.9 Å². The van der Waals surface area contributed by atoms with Gasteiger partial charge < -0.3 is 16.2 Å². The van der Waals surface area contributed by atoms with E-state index in [0.29, 0.717) is 19.4 Å². The summed E-state index contributed by atoms with van der Waals surface area (Å²) >= 11 is 0. The van der Waals surface area contributed by atoms with E-state index in [1.165, 1.54) is 6.42 Å². The molecule has 7 nitrogen and oxygen atoms in total. The van der Waals surface area contributed by atoms with Gasteiger partial charge in [-0.2, -0.15) is 0 Å². The van der Waals surface area contributed by atoms with Gasteiger partial charge in [-0.3, -0.25) is 15.0 Å². The normalized spacial score (nSPS) is 26.5. The number of carbonyl (C=O) groups is 2. The van der Waals surface area contributed by atoms with Crippen molar-refractivity contribution in [2.24, 2.45) is 11.7 Å². The predicted molar refractivity (Wildman–Crippen MR) is 70.5 cm³/mol. The van der Waals surface area contributed by atoms with E-state index in [0.717, 1.165) is 6.54 Å². The van der Waals surface area contributed by atoms with E-state index in [4.69, 9.17) is 5.73 Å². The van der Waals surface area contributed by atoms with Crippen LogP contribution in [0.15, 0.2) is 0 Å². The van der Waals surface area contributed by atoms with Gasteiger partial charge in [-0.1, -0.05) is 6.92 Å². The maximum atomic E-state index is 11.7. The summed E-state index contributed by atoms with van der Waals surface area (Å²) in [6.45, 7) is 2.81. The molecule has 0 bridgehead atoms. The topological polar surface area (TPSA) is 108 Å². The van der Waals surface area contributed by atoms with Gasteiger partial charge in [0.05, 0.1) is 18.6 Å². The lowest BCUT2D eigenvalue weighted by Crippen LogP contribution is -2.46. The van der Waals surface area contributed by atoms with Gasteiger partial charge in [0.1, 0.15) is 0 Å². The van der Waals surface area contributed by atoms with E-state index >= 15 is 0 Å². The lowest BCUT2D eigenvalue weighted by molar-refractivity contribution is -0.121. The molecule has 3 unspecified atom stereocenters. The first-order chi connectivity index (χ1) is 8.90. The summed E-state index contributed by atoms with van der Waals surface area (Å²) in [5.41, 5.74) is 8.14. The number of aliphatic hydroxyl groups is 1. The molecule has 0 aromatic rings. The maximum absolute atomic E-state index is 11.7. The Morgan fingerprint density at radius 3 is 2.95 bits per heavy atom. The molecule has 2 amide bonds. The lowest BCUT2D eigenvalue weighted by atomic mass is 10.0. The van der Waals surface area contributed by atoms with Crippen LogP contribution in [0, 0.1) is 12.3 Å². The third-order valence-electron chi connectivity index (χ3n) is 3.28. The van der Waals surface area contributed by atoms with Crippen LogP contribution < -0.4 is 16.5 Å². The van der Waals surface area contributed by atoms with Crippen molar-refractivity contribution in [1.29, 1.82) is 0 Å². The van der Waals surface area contributed by atoms with E-state index in [1.807, 2.05) is 12.1 Å². The molecule has 0 aliphatic carbocycles. The van der Waals surface area contributed by atoms with Crippen molar-refractivity contribution in [1.82, 2.24) is 15.8 Å². The van der Waals surface area contributed by atoms with Crippen LogP contribution in [0.4, 0.5) is 0 Å². The van der Waals surface area contributed by atoms with E-state index in [2.05, 4.69) is 10.7 Å². The quantitative estimate of drug-likeness (QED) is 0.481. The van der Waals surface area contributed by atoms with E-state index in [1.54, 1.807) is 6.92 Å². The third-order valence-corrected chi connectivity index (χ3v) is 3.28. The standard InChI is InChI=1S/C12H23N4O3/c1-8(12(13)19)3-4-11(18)15-9-5-6-16(2)14-7-10(9)17/h4,8-10,14,17H,3,5-7H2,1-2H3,(H2,13,19)(H,15,18). The number of nitrogens with zero attached hydrogens (tertiary/aromatic N) is 1. The summed E-state index contributed by atoms with van der Waals surface area (Å²) in [5, 5.41) is 14.5. The second-order valence-electron chi connectivity index (χ2n) is 5.00. The van der Waals surface area contributed by atoms with Crippen molar-refractivity contribution in [3.05, 3.63) is 6.42 Å². The predicted octanol–water partition coefficient (Wildman–Crippen LogP) is -1.61. The minimum atomic E-state index is -0.629. The van der Waals surface area contributed by atoms with Crippen molar-refractivity contribution in [3.8, 4) is 0 Å². The largest absolute Gasteiger partial charge is 0.390 e. The maximum Gasteiger partial charge on any atom is 0.224 e. The van der Waals surface area contributed by atoms with E-state index < -0.39 is 12.0 Å². The monoisotopic (exact) mass is 271 g/mol. The molecular formula is C12H23N4O3. The number of hydrazine groups is 1. The molecule has 1 radical (unpaired) electrons. The van der Waals surface area contributed by atoms with Crippen LogP contribution in [-0.4, -0.2) is 54.2 Å². The molecule has 1 fully saturated rings. The molecular weight excluding hydrogens is 248 g/mol. The molecule has 1 heterocycles. The minimum absolute atomic E-state index is 0.276. The van der Waals surface area contributed by atoms with Crippen molar-refractivity contribution >= 4 is 11.8 Å². The molecule has 0 aromatic carbocycles. The molecule has 7 heteroatoms. The Hall–Kier alpha value is -1.18. The molecule has 0 saturated carbocycles. The number of nitrogens with one attached hydrogen (secondary N) is 2. The zero-order valence-electron chi connectivity index (χ0n) is 11.4. The number of aliphatic hydroxyl groups excluding tert-OH is 1. The number of carbonyl (C=O) groups excluding carboxylic acids is 2. The van der Waals surface area contributed by atoms with Gasteiger partial charge in [-0.05, 0) is 12.8 Å². The van der Waals surface area contributed by atoms with Crippen LogP contribution in [0.5, 0.6) is 0 Å². The Morgan fingerprint density at radius 1 is 1.63 bits per heavy atom. The summed E-state index contributed by atoms with van der Waals surface area (Å²) in [6.07, 6.45) is 1.75. The molecule has 0 aromatic heterocycles. The second-order valence-corrected chi connectivity index (χ2v) is 5.00. The Bertz CT molecular complexity index is 324. The first-order valence-electron chi connectivity index (χ1n) is 6.46. The third kappa shape index (κ3) is 5.54. The van der Waals surface area contributed by atoms with Crippen LogP contribution in [-0.2, 0) is 9.59 Å². The van der Waals surface area contributed by atoms with Crippen LogP contribution in [0.1, 0.15) is 19.8 Å². The Balaban J connectivity index is 2.36. The van der Waals surface area contributed by atoms with Gasteiger partial charge in [-0.25, -0.2) is 5.01 Å². The molecule has 19 heavy (non-hydrogen) atoms. The molecule has 109 valence electrons. The zero-order valence-corrected chi connectivity index (χ0v) is 11.4. The highest BCUT2D eigenvalue weighted by molar-refractivity contribution is 5.86. The van der Waals surface area contributed by atoms with Crippen LogP contribution in [0.2, 0.25) is 0 Å². The summed E-state index contributed by atoms with van der Waals surface area (Å²) in [4.78, 5) is 22.6. The summed E-state index contributed by atoms with van der Waals surface area (Å²) < 4.78 is 0. The number of rotatable bonds is 5. The SMILES string of the molecule is CC(C[CH]C(=O)NC1CCN(C)NCC1O)C(N)=O. The van der Waals surface area contributed by atoms with Crippen molar-refractivity contribution in [2.75, 3.05) is 20.1 Å². The minimum Gasteiger partial charge on any atom is -0.390 e. The summed E-state index contributed by atoms with van der Waals surface area (Å²) in [6, 6.07) is -0.287. The molecule has 1 aliphatic heterocycles. The van der Waals surface area contributed by atoms with Gasteiger partial charge in [0.25, 0.3) is 0 Å². The summed E-state index contributed by atoms with van der Waals surface area (Å²) in [7, 11) is 1.89. The van der Waals surface area contributed by atoms with Gasteiger partial charge in [-0.15, -0.1) is 0 Å². The zero-order chi connectivity index (χ0) is 14.4. The van der Waals surface area contributed by atoms with Crippen molar-refractivity contribution < 1.29 is 14.7 Å². The molecule has 1 rings (SSSR count). The van der Waals surface area contributed by atoms with Crippen LogP contribution in [0.3, 0.4) is 0 Å². The fourth-order valence-electron chi connectivity index (χ4n) is 1.81. The number of hydrogen-bond donors (Lipinski definition) is 4. The molecule has 1 aliphatic rings. The lowest BCUT2D eigenvalue weighted by Gasteiger charge is -2.21. The number of amides is 2. The van der Waals surface area contributed by atoms with Crippen molar-refractivity contribution in [2.45, 2.75) is 31.9 Å². The Labute approximate surface area is 113 Å². The summed E-state index contributed by atoms with van der Waals surface area (Å²) in [5.74, 6) is -1.07. The highest BCUT2D eigenvalue weighted by Crippen LogP contribution is 2.07. The van der Waals surface area contributed by atoms with Crippen LogP contribution >= 0.6 is 0 Å². The number of hydrogen-bond acceptors (Lipinski definition) is 5. The molecule has 1 saturated heterocycles. The highest BCUT2D eigenvalue weighted by atomic mass is 16.3. The second kappa shape index (κ2) is 7.42. The van der Waals surface area contributed by atoms with Gasteiger partial charge in [0.15, 0.2) is 0 Å².